The lowest BCUT2D eigenvalue weighted by Crippen LogP contribution is -2.51. The molecule has 138 valence electrons. The first-order valence-corrected chi connectivity index (χ1v) is 9.76. The number of carbonyl (C=O) groups excluding carboxylic acids is 1. The van der Waals surface area contributed by atoms with Crippen molar-refractivity contribution >= 4 is 16.9 Å². The van der Waals surface area contributed by atoms with E-state index in [-0.39, 0.29) is 12.1 Å². The van der Waals surface area contributed by atoms with E-state index in [1.807, 2.05) is 53.2 Å². The number of esters is 1. The number of carbonyl (C=O) groups is 1. The maximum Gasteiger partial charge on any atom is 0.340 e. The Kier molecular flexibility index (Phi) is 4.17. The standard InChI is InChI=1S/C22H23N3O2/c26-22(27-17-12-15-6-5-7-16(13-17)24-15)19-14-25(21-10-3-4-11-23-21)20-9-2-1-8-18(19)20/h1-4,8-11,14-17,24H,5-7,12-13H2. The van der Waals surface area contributed by atoms with Crippen LogP contribution in [0.25, 0.3) is 16.7 Å². The second-order valence-electron chi connectivity index (χ2n) is 7.61. The molecule has 5 rings (SSSR count). The fraction of sp³-hybridized carbons (Fsp3) is 0.364. The van der Waals surface area contributed by atoms with Crippen molar-refractivity contribution in [2.75, 3.05) is 0 Å². The molecular formula is C22H23N3O2. The van der Waals surface area contributed by atoms with Gasteiger partial charge in [-0.2, -0.15) is 0 Å². The Labute approximate surface area is 158 Å². The lowest BCUT2D eigenvalue weighted by atomic mass is 9.85. The van der Waals surface area contributed by atoms with Gasteiger partial charge in [0.2, 0.25) is 0 Å². The summed E-state index contributed by atoms with van der Waals surface area (Å²) in [6, 6.07) is 14.7. The van der Waals surface area contributed by atoms with Crippen LogP contribution in [-0.2, 0) is 4.74 Å². The summed E-state index contributed by atoms with van der Waals surface area (Å²) in [7, 11) is 0. The molecule has 2 saturated heterocycles. The molecule has 2 unspecified atom stereocenters. The molecule has 5 nitrogen and oxygen atoms in total. The van der Waals surface area contributed by atoms with Crippen molar-refractivity contribution in [3.63, 3.8) is 0 Å². The number of fused-ring (bicyclic) bond motifs is 3. The maximum absolute atomic E-state index is 13.0. The van der Waals surface area contributed by atoms with E-state index in [9.17, 15) is 4.79 Å². The minimum Gasteiger partial charge on any atom is -0.459 e. The van der Waals surface area contributed by atoms with Gasteiger partial charge >= 0.3 is 5.97 Å². The average molecular weight is 361 g/mol. The molecule has 2 aliphatic heterocycles. The summed E-state index contributed by atoms with van der Waals surface area (Å²) < 4.78 is 7.92. The zero-order valence-electron chi connectivity index (χ0n) is 15.2. The van der Waals surface area contributed by atoms with E-state index in [4.69, 9.17) is 4.74 Å². The Balaban J connectivity index is 1.45. The highest BCUT2D eigenvalue weighted by atomic mass is 16.5. The number of benzene rings is 1. The molecule has 1 N–H and O–H groups in total. The largest absolute Gasteiger partial charge is 0.459 e. The third-order valence-corrected chi connectivity index (χ3v) is 5.77. The zero-order valence-corrected chi connectivity index (χ0v) is 15.2. The SMILES string of the molecule is O=C(OC1CC2CCCC(C1)N2)c1cn(-c2ccccn2)c2ccccc12. The highest BCUT2D eigenvalue weighted by Gasteiger charge is 2.33. The summed E-state index contributed by atoms with van der Waals surface area (Å²) in [5.74, 6) is 0.565. The zero-order chi connectivity index (χ0) is 18.2. The van der Waals surface area contributed by atoms with E-state index >= 15 is 0 Å². The van der Waals surface area contributed by atoms with Crippen LogP contribution in [0.15, 0.2) is 54.9 Å². The van der Waals surface area contributed by atoms with Crippen molar-refractivity contribution in [1.29, 1.82) is 0 Å². The quantitative estimate of drug-likeness (QED) is 0.720. The molecule has 0 aliphatic carbocycles. The maximum atomic E-state index is 13.0. The molecule has 0 amide bonds. The lowest BCUT2D eigenvalue weighted by molar-refractivity contribution is 0.00764. The number of piperidine rings is 2. The van der Waals surface area contributed by atoms with E-state index in [1.54, 1.807) is 6.20 Å². The molecule has 3 aromatic rings. The second-order valence-corrected chi connectivity index (χ2v) is 7.61. The molecule has 2 fully saturated rings. The summed E-state index contributed by atoms with van der Waals surface area (Å²) in [5, 5.41) is 4.55. The third kappa shape index (κ3) is 3.12. The normalized spacial score (nSPS) is 24.7. The molecular weight excluding hydrogens is 338 g/mol. The molecule has 4 heterocycles. The smallest absolute Gasteiger partial charge is 0.340 e. The predicted molar refractivity (Wildman–Crippen MR) is 104 cm³/mol. The second kappa shape index (κ2) is 6.82. The van der Waals surface area contributed by atoms with Gasteiger partial charge in [-0.05, 0) is 43.9 Å². The highest BCUT2D eigenvalue weighted by Crippen LogP contribution is 2.30. The van der Waals surface area contributed by atoms with Gasteiger partial charge in [-0.1, -0.05) is 30.7 Å². The first-order valence-electron chi connectivity index (χ1n) is 9.76. The number of hydrogen-bond acceptors (Lipinski definition) is 4. The third-order valence-electron chi connectivity index (χ3n) is 5.77. The summed E-state index contributed by atoms with van der Waals surface area (Å²) >= 11 is 0. The molecule has 2 aromatic heterocycles. The van der Waals surface area contributed by atoms with Gasteiger partial charge in [-0.3, -0.25) is 0 Å². The van der Waals surface area contributed by atoms with Crippen LogP contribution in [0, 0.1) is 0 Å². The first-order chi connectivity index (χ1) is 13.3. The minimum atomic E-state index is -0.231. The van der Waals surface area contributed by atoms with Gasteiger partial charge in [-0.15, -0.1) is 0 Å². The van der Waals surface area contributed by atoms with Crippen molar-refractivity contribution < 1.29 is 9.53 Å². The number of hydrogen-bond donors (Lipinski definition) is 1. The number of nitrogens with zero attached hydrogens (tertiary/aromatic N) is 2. The molecule has 2 aliphatic rings. The van der Waals surface area contributed by atoms with Gasteiger partial charge in [0.1, 0.15) is 11.9 Å². The highest BCUT2D eigenvalue weighted by molar-refractivity contribution is 6.04. The van der Waals surface area contributed by atoms with Gasteiger partial charge in [0.15, 0.2) is 0 Å². The number of aromatic nitrogens is 2. The number of rotatable bonds is 3. The van der Waals surface area contributed by atoms with E-state index in [1.165, 1.54) is 19.3 Å². The van der Waals surface area contributed by atoms with Crippen LogP contribution in [0.2, 0.25) is 0 Å². The first kappa shape index (κ1) is 16.5. The number of para-hydroxylation sites is 1. The number of pyridine rings is 1. The van der Waals surface area contributed by atoms with E-state index in [2.05, 4.69) is 10.3 Å². The monoisotopic (exact) mass is 361 g/mol. The molecule has 27 heavy (non-hydrogen) atoms. The number of nitrogens with one attached hydrogen (secondary N) is 1. The molecule has 0 saturated carbocycles. The van der Waals surface area contributed by atoms with Crippen molar-refractivity contribution in [3.05, 3.63) is 60.4 Å². The molecule has 1 aromatic carbocycles. The van der Waals surface area contributed by atoms with Crippen LogP contribution in [-0.4, -0.2) is 33.7 Å². The molecule has 0 radical (unpaired) electrons. The minimum absolute atomic E-state index is 0.00557. The van der Waals surface area contributed by atoms with Crippen LogP contribution in [0.1, 0.15) is 42.5 Å². The van der Waals surface area contributed by atoms with E-state index in [0.717, 1.165) is 29.6 Å². The molecule has 0 spiro atoms. The van der Waals surface area contributed by atoms with Crippen LogP contribution < -0.4 is 5.32 Å². The fourth-order valence-corrected chi connectivity index (χ4v) is 4.55. The number of ether oxygens (including phenoxy) is 1. The molecule has 5 heteroatoms. The van der Waals surface area contributed by atoms with Gasteiger partial charge in [0.25, 0.3) is 0 Å². The Hall–Kier alpha value is -2.66. The Bertz CT molecular complexity index is 954. The predicted octanol–water partition coefficient (Wildman–Crippen LogP) is 3.86. The summed E-state index contributed by atoms with van der Waals surface area (Å²) in [6.07, 6.45) is 9.11. The van der Waals surface area contributed by atoms with Crippen LogP contribution in [0.3, 0.4) is 0 Å². The summed E-state index contributed by atoms with van der Waals surface area (Å²) in [6.45, 7) is 0. The molecule has 2 atom stereocenters. The molecule has 2 bridgehead atoms. The fourth-order valence-electron chi connectivity index (χ4n) is 4.55. The topological polar surface area (TPSA) is 56.1 Å². The van der Waals surface area contributed by atoms with Crippen molar-refractivity contribution in [1.82, 2.24) is 14.9 Å². The lowest BCUT2D eigenvalue weighted by Gasteiger charge is -2.39. The van der Waals surface area contributed by atoms with Crippen molar-refractivity contribution in [2.24, 2.45) is 0 Å². The summed E-state index contributed by atoms with van der Waals surface area (Å²) in [5.41, 5.74) is 1.57. The van der Waals surface area contributed by atoms with Crippen molar-refractivity contribution in [2.45, 2.75) is 50.3 Å². The Morgan fingerprint density at radius 2 is 1.85 bits per heavy atom. The van der Waals surface area contributed by atoms with Crippen LogP contribution in [0.4, 0.5) is 0 Å². The van der Waals surface area contributed by atoms with E-state index in [0.29, 0.717) is 17.6 Å². The van der Waals surface area contributed by atoms with Gasteiger partial charge < -0.3 is 14.6 Å². The van der Waals surface area contributed by atoms with Crippen LogP contribution in [0.5, 0.6) is 0 Å². The summed E-state index contributed by atoms with van der Waals surface area (Å²) in [4.78, 5) is 17.4. The van der Waals surface area contributed by atoms with E-state index < -0.39 is 0 Å². The van der Waals surface area contributed by atoms with Gasteiger partial charge in [0.05, 0.1) is 11.1 Å². The Morgan fingerprint density at radius 1 is 1.07 bits per heavy atom. The Morgan fingerprint density at radius 3 is 2.63 bits per heavy atom. The average Bonchev–Trinajstić information content (AvgIpc) is 3.08. The van der Waals surface area contributed by atoms with Crippen LogP contribution >= 0.6 is 0 Å². The van der Waals surface area contributed by atoms with Gasteiger partial charge in [0, 0.05) is 29.9 Å². The van der Waals surface area contributed by atoms with Crippen molar-refractivity contribution in [3.8, 4) is 5.82 Å². The van der Waals surface area contributed by atoms with Gasteiger partial charge in [-0.25, -0.2) is 9.78 Å².